The first kappa shape index (κ1) is 16.8. The Morgan fingerprint density at radius 3 is 2.75 bits per heavy atom. The van der Waals surface area contributed by atoms with Gasteiger partial charge in [-0.3, -0.25) is 4.79 Å². The number of rotatable bonds is 5. The lowest BCUT2D eigenvalue weighted by atomic mass is 9.94. The topological polar surface area (TPSA) is 74.4 Å². The van der Waals surface area contributed by atoms with E-state index in [1.807, 2.05) is 24.4 Å². The Labute approximate surface area is 142 Å². The third-order valence-corrected chi connectivity index (χ3v) is 4.97. The number of ether oxygens (including phenoxy) is 1. The number of aromatic nitrogens is 1. The lowest BCUT2D eigenvalue weighted by molar-refractivity contribution is -0.121. The van der Waals surface area contributed by atoms with Gasteiger partial charge in [-0.25, -0.2) is 0 Å². The monoisotopic (exact) mass is 330 g/mol. The highest BCUT2D eigenvalue weighted by atomic mass is 16.5. The average Bonchev–Trinajstić information content (AvgIpc) is 2.84. The zero-order valence-corrected chi connectivity index (χ0v) is 14.2. The molecule has 2 aromatic rings. The molecule has 1 amide bonds. The molecule has 0 unspecified atom stereocenters. The maximum absolute atomic E-state index is 12.3. The van der Waals surface area contributed by atoms with Crippen molar-refractivity contribution in [1.82, 2.24) is 10.3 Å². The van der Waals surface area contributed by atoms with Crippen LogP contribution in [-0.4, -0.2) is 35.3 Å². The summed E-state index contributed by atoms with van der Waals surface area (Å²) in [5, 5.41) is 14.5. The number of fused-ring (bicyclic) bond motifs is 1. The average molecular weight is 330 g/mol. The summed E-state index contributed by atoms with van der Waals surface area (Å²) in [6.45, 7) is 0.345. The standard InChI is InChI=1S/C19H26N2O3/c1-24-15-6-7-17-16(11-15)14(12-20-17)10-18(22)21-13-19(23)8-4-2-3-5-9-19/h6-7,11-12,20,23H,2-5,8-10,13H2,1H3,(H,21,22). The van der Waals surface area contributed by atoms with Gasteiger partial charge < -0.3 is 20.1 Å². The molecular formula is C19H26N2O3. The van der Waals surface area contributed by atoms with Gasteiger partial charge in [0, 0.05) is 23.6 Å². The summed E-state index contributed by atoms with van der Waals surface area (Å²) in [7, 11) is 1.63. The molecule has 3 rings (SSSR count). The van der Waals surface area contributed by atoms with Gasteiger partial charge in [0.1, 0.15) is 5.75 Å². The number of methoxy groups -OCH3 is 1. The van der Waals surface area contributed by atoms with Gasteiger partial charge in [0.25, 0.3) is 0 Å². The minimum absolute atomic E-state index is 0.0589. The normalized spacial score (nSPS) is 17.4. The van der Waals surface area contributed by atoms with Gasteiger partial charge in [0.2, 0.25) is 5.91 Å². The molecule has 5 heteroatoms. The van der Waals surface area contributed by atoms with Crippen LogP contribution < -0.4 is 10.1 Å². The summed E-state index contributed by atoms with van der Waals surface area (Å²) in [6, 6.07) is 5.78. The zero-order chi connectivity index (χ0) is 17.0. The van der Waals surface area contributed by atoms with Gasteiger partial charge in [-0.2, -0.15) is 0 Å². The molecule has 1 aromatic heterocycles. The van der Waals surface area contributed by atoms with E-state index in [1.165, 1.54) is 12.8 Å². The lowest BCUT2D eigenvalue weighted by Crippen LogP contribution is -2.43. The summed E-state index contributed by atoms with van der Waals surface area (Å²) >= 11 is 0. The number of H-pyrrole nitrogens is 1. The predicted molar refractivity (Wildman–Crippen MR) is 94.2 cm³/mol. The van der Waals surface area contributed by atoms with E-state index in [0.717, 1.165) is 47.9 Å². The van der Waals surface area contributed by atoms with Crippen LogP contribution in [0.5, 0.6) is 5.75 Å². The first-order chi connectivity index (χ1) is 11.6. The third-order valence-electron chi connectivity index (χ3n) is 4.97. The number of carbonyl (C=O) groups excluding carboxylic acids is 1. The number of amides is 1. The van der Waals surface area contributed by atoms with Crippen molar-refractivity contribution in [1.29, 1.82) is 0 Å². The van der Waals surface area contributed by atoms with E-state index >= 15 is 0 Å². The van der Waals surface area contributed by atoms with E-state index in [4.69, 9.17) is 4.74 Å². The Morgan fingerprint density at radius 2 is 2.04 bits per heavy atom. The fourth-order valence-corrected chi connectivity index (χ4v) is 3.49. The first-order valence-electron chi connectivity index (χ1n) is 8.73. The first-order valence-corrected chi connectivity index (χ1v) is 8.73. The van der Waals surface area contributed by atoms with Crippen LogP contribution in [0.15, 0.2) is 24.4 Å². The van der Waals surface area contributed by atoms with Crippen molar-refractivity contribution >= 4 is 16.8 Å². The molecule has 24 heavy (non-hydrogen) atoms. The van der Waals surface area contributed by atoms with Gasteiger partial charge in [0.05, 0.1) is 19.1 Å². The van der Waals surface area contributed by atoms with Gasteiger partial charge in [0.15, 0.2) is 0 Å². The van der Waals surface area contributed by atoms with Gasteiger partial charge in [-0.15, -0.1) is 0 Å². The largest absolute Gasteiger partial charge is 0.497 e. The number of hydrogen-bond donors (Lipinski definition) is 3. The van der Waals surface area contributed by atoms with E-state index in [-0.39, 0.29) is 5.91 Å². The SMILES string of the molecule is COc1ccc2[nH]cc(CC(=O)NCC3(O)CCCCCC3)c2c1. The van der Waals surface area contributed by atoms with Crippen LogP contribution >= 0.6 is 0 Å². The molecule has 0 bridgehead atoms. The number of benzene rings is 1. The smallest absolute Gasteiger partial charge is 0.224 e. The van der Waals surface area contributed by atoms with Gasteiger partial charge in [-0.05, 0) is 36.6 Å². The van der Waals surface area contributed by atoms with Crippen molar-refractivity contribution in [2.45, 2.75) is 50.5 Å². The van der Waals surface area contributed by atoms with Crippen LogP contribution in [0.3, 0.4) is 0 Å². The summed E-state index contributed by atoms with van der Waals surface area (Å²) in [6.07, 6.45) is 8.13. The van der Waals surface area contributed by atoms with E-state index < -0.39 is 5.60 Å². The number of nitrogens with one attached hydrogen (secondary N) is 2. The molecule has 1 aromatic carbocycles. The van der Waals surface area contributed by atoms with Crippen LogP contribution in [0.2, 0.25) is 0 Å². The van der Waals surface area contributed by atoms with Crippen molar-refractivity contribution in [3.05, 3.63) is 30.0 Å². The van der Waals surface area contributed by atoms with Gasteiger partial charge >= 0.3 is 0 Å². The van der Waals surface area contributed by atoms with Crippen molar-refractivity contribution in [3.63, 3.8) is 0 Å². The minimum atomic E-state index is -0.740. The molecule has 1 aliphatic rings. The fourth-order valence-electron chi connectivity index (χ4n) is 3.49. The molecule has 1 heterocycles. The molecule has 1 fully saturated rings. The molecule has 0 spiro atoms. The molecule has 130 valence electrons. The molecular weight excluding hydrogens is 304 g/mol. The molecule has 0 aliphatic heterocycles. The van der Waals surface area contributed by atoms with Crippen LogP contribution in [0.4, 0.5) is 0 Å². The summed E-state index contributed by atoms with van der Waals surface area (Å²) in [5.41, 5.74) is 1.19. The minimum Gasteiger partial charge on any atom is -0.497 e. The molecule has 0 atom stereocenters. The van der Waals surface area contributed by atoms with E-state index in [2.05, 4.69) is 10.3 Å². The van der Waals surface area contributed by atoms with Crippen molar-refractivity contribution in [2.75, 3.05) is 13.7 Å². The molecule has 1 saturated carbocycles. The maximum Gasteiger partial charge on any atom is 0.224 e. The molecule has 3 N–H and O–H groups in total. The van der Waals surface area contributed by atoms with Crippen molar-refractivity contribution in [3.8, 4) is 5.75 Å². The number of hydrogen-bond acceptors (Lipinski definition) is 3. The molecule has 5 nitrogen and oxygen atoms in total. The fraction of sp³-hybridized carbons (Fsp3) is 0.526. The second-order valence-electron chi connectivity index (χ2n) is 6.82. The second-order valence-corrected chi connectivity index (χ2v) is 6.82. The predicted octanol–water partition coefficient (Wildman–Crippen LogP) is 2.92. The van der Waals surface area contributed by atoms with E-state index in [9.17, 15) is 9.90 Å². The number of aromatic amines is 1. The third kappa shape index (κ3) is 3.90. The Morgan fingerprint density at radius 1 is 1.29 bits per heavy atom. The number of carbonyl (C=O) groups is 1. The quantitative estimate of drug-likeness (QED) is 0.738. The van der Waals surface area contributed by atoms with Crippen molar-refractivity contribution < 1.29 is 14.6 Å². The van der Waals surface area contributed by atoms with Crippen LogP contribution in [0.1, 0.15) is 44.1 Å². The van der Waals surface area contributed by atoms with Crippen LogP contribution in [0, 0.1) is 0 Å². The summed E-state index contributed by atoms with van der Waals surface area (Å²) in [5.74, 6) is 0.716. The summed E-state index contributed by atoms with van der Waals surface area (Å²) in [4.78, 5) is 15.5. The highest BCUT2D eigenvalue weighted by Gasteiger charge is 2.28. The Hall–Kier alpha value is -2.01. The zero-order valence-electron chi connectivity index (χ0n) is 14.2. The van der Waals surface area contributed by atoms with Gasteiger partial charge in [-0.1, -0.05) is 25.7 Å². The Balaban J connectivity index is 1.62. The van der Waals surface area contributed by atoms with Crippen LogP contribution in [-0.2, 0) is 11.2 Å². The second kappa shape index (κ2) is 7.26. The molecule has 0 radical (unpaired) electrons. The number of aliphatic hydroxyl groups is 1. The van der Waals surface area contributed by atoms with Crippen LogP contribution in [0.25, 0.3) is 10.9 Å². The Kier molecular flexibility index (Phi) is 5.09. The van der Waals surface area contributed by atoms with E-state index in [0.29, 0.717) is 13.0 Å². The van der Waals surface area contributed by atoms with Crippen molar-refractivity contribution in [2.24, 2.45) is 0 Å². The molecule has 1 aliphatic carbocycles. The lowest BCUT2D eigenvalue weighted by Gasteiger charge is -2.26. The van der Waals surface area contributed by atoms with E-state index in [1.54, 1.807) is 7.11 Å². The maximum atomic E-state index is 12.3. The summed E-state index contributed by atoms with van der Waals surface area (Å²) < 4.78 is 5.26. The highest BCUT2D eigenvalue weighted by Crippen LogP contribution is 2.27. The Bertz CT molecular complexity index is 700. The highest BCUT2D eigenvalue weighted by molar-refractivity contribution is 5.89. The molecule has 0 saturated heterocycles.